The topological polar surface area (TPSA) is 29.5 Å². The Labute approximate surface area is 122 Å². The molecule has 0 spiro atoms. The number of hydrogen-bond donors (Lipinski definition) is 0. The highest BCUT2D eigenvalue weighted by molar-refractivity contribution is 5.97. The number of unbranched alkanes of at least 4 members (excludes halogenated alkanes) is 1. The zero-order chi connectivity index (χ0) is 15.9. The van der Waals surface area contributed by atoms with E-state index in [9.17, 15) is 18.0 Å². The van der Waals surface area contributed by atoms with Crippen LogP contribution in [0.15, 0.2) is 24.3 Å². The van der Waals surface area contributed by atoms with Crippen molar-refractivity contribution < 1.29 is 22.7 Å². The van der Waals surface area contributed by atoms with Crippen LogP contribution in [0.3, 0.4) is 0 Å². The van der Waals surface area contributed by atoms with Crippen LogP contribution in [0.25, 0.3) is 0 Å². The number of alkyl halides is 3. The normalized spacial score (nSPS) is 11.3. The molecule has 1 aromatic rings. The van der Waals surface area contributed by atoms with Crippen LogP contribution in [0.1, 0.15) is 37.0 Å². The molecule has 0 aliphatic heterocycles. The minimum atomic E-state index is -4.41. The van der Waals surface area contributed by atoms with E-state index in [1.54, 1.807) is 25.1 Å². The minimum Gasteiger partial charge on any atom is -0.493 e. The summed E-state index contributed by atoms with van der Waals surface area (Å²) in [4.78, 5) is 13.2. The van der Waals surface area contributed by atoms with Crippen LogP contribution in [0.4, 0.5) is 13.2 Å². The minimum absolute atomic E-state index is 0.0787. The Morgan fingerprint density at radius 1 is 1.24 bits per heavy atom. The van der Waals surface area contributed by atoms with Gasteiger partial charge in [0, 0.05) is 6.54 Å². The molecule has 3 nitrogen and oxygen atoms in total. The van der Waals surface area contributed by atoms with E-state index >= 15 is 0 Å². The summed E-state index contributed by atoms with van der Waals surface area (Å²) < 4.78 is 43.2. The average Bonchev–Trinajstić information content (AvgIpc) is 2.42. The lowest BCUT2D eigenvalue weighted by molar-refractivity contribution is -0.140. The maximum absolute atomic E-state index is 12.6. The van der Waals surface area contributed by atoms with Crippen LogP contribution < -0.4 is 4.74 Å². The molecule has 0 aromatic heterocycles. The largest absolute Gasteiger partial charge is 0.493 e. The number of nitrogens with zero attached hydrogens (tertiary/aromatic N) is 1. The predicted molar refractivity (Wildman–Crippen MR) is 74.5 cm³/mol. The standard InChI is InChI=1S/C15H20F3NO2/c1-3-5-10-19(11-15(16,17)18)14(20)12-8-6-7-9-13(12)21-4-2/h6-9H,3-5,10-11H2,1-2H3. The summed E-state index contributed by atoms with van der Waals surface area (Å²) in [6, 6.07) is 6.37. The van der Waals surface area contributed by atoms with Crippen molar-refractivity contribution in [2.24, 2.45) is 0 Å². The molecule has 0 unspecified atom stereocenters. The van der Waals surface area contributed by atoms with Gasteiger partial charge in [0.25, 0.3) is 5.91 Å². The molecule has 118 valence electrons. The summed E-state index contributed by atoms with van der Waals surface area (Å²) in [5.74, 6) is -0.335. The van der Waals surface area contributed by atoms with Crippen molar-refractivity contribution >= 4 is 5.91 Å². The van der Waals surface area contributed by atoms with E-state index in [4.69, 9.17) is 4.74 Å². The first-order valence-electron chi connectivity index (χ1n) is 6.97. The Balaban J connectivity index is 2.98. The molecule has 0 aliphatic rings. The van der Waals surface area contributed by atoms with Gasteiger partial charge in [0.2, 0.25) is 0 Å². The fourth-order valence-corrected chi connectivity index (χ4v) is 1.91. The van der Waals surface area contributed by atoms with Gasteiger partial charge in [-0.3, -0.25) is 4.79 Å². The highest BCUT2D eigenvalue weighted by atomic mass is 19.4. The van der Waals surface area contributed by atoms with E-state index in [-0.39, 0.29) is 12.1 Å². The molecule has 6 heteroatoms. The number of halogens is 3. The van der Waals surface area contributed by atoms with Gasteiger partial charge in [-0.05, 0) is 25.5 Å². The van der Waals surface area contributed by atoms with Crippen molar-refractivity contribution in [3.8, 4) is 5.75 Å². The number of para-hydroxylation sites is 1. The van der Waals surface area contributed by atoms with E-state index in [1.165, 1.54) is 6.07 Å². The Morgan fingerprint density at radius 3 is 2.48 bits per heavy atom. The number of hydrogen-bond acceptors (Lipinski definition) is 2. The lowest BCUT2D eigenvalue weighted by atomic mass is 10.1. The second-order valence-corrected chi connectivity index (χ2v) is 4.62. The summed E-state index contributed by atoms with van der Waals surface area (Å²) >= 11 is 0. The van der Waals surface area contributed by atoms with Gasteiger partial charge < -0.3 is 9.64 Å². The third kappa shape index (κ3) is 5.65. The highest BCUT2D eigenvalue weighted by Gasteiger charge is 2.33. The zero-order valence-corrected chi connectivity index (χ0v) is 12.2. The Hall–Kier alpha value is -1.72. The first kappa shape index (κ1) is 17.3. The first-order chi connectivity index (χ1) is 9.89. The van der Waals surface area contributed by atoms with E-state index in [0.717, 1.165) is 11.3 Å². The van der Waals surface area contributed by atoms with Crippen molar-refractivity contribution in [2.75, 3.05) is 19.7 Å². The fourth-order valence-electron chi connectivity index (χ4n) is 1.91. The monoisotopic (exact) mass is 303 g/mol. The maximum atomic E-state index is 12.6. The number of carbonyl (C=O) groups excluding carboxylic acids is 1. The average molecular weight is 303 g/mol. The van der Waals surface area contributed by atoms with Gasteiger partial charge in [-0.1, -0.05) is 25.5 Å². The number of amides is 1. The van der Waals surface area contributed by atoms with Gasteiger partial charge >= 0.3 is 6.18 Å². The van der Waals surface area contributed by atoms with Crippen molar-refractivity contribution in [1.82, 2.24) is 4.90 Å². The summed E-state index contributed by atoms with van der Waals surface area (Å²) in [6.45, 7) is 2.80. The Kier molecular flexibility index (Phi) is 6.52. The number of carbonyl (C=O) groups is 1. The summed E-state index contributed by atoms with van der Waals surface area (Å²) in [7, 11) is 0. The van der Waals surface area contributed by atoms with Crippen molar-refractivity contribution in [3.63, 3.8) is 0 Å². The lowest BCUT2D eigenvalue weighted by Gasteiger charge is -2.24. The van der Waals surface area contributed by atoms with Gasteiger partial charge in [0.05, 0.1) is 12.2 Å². The SMILES string of the molecule is CCCCN(CC(F)(F)F)C(=O)c1ccccc1OCC. The molecule has 21 heavy (non-hydrogen) atoms. The molecule has 1 rings (SSSR count). The van der Waals surface area contributed by atoms with Gasteiger partial charge in [-0.25, -0.2) is 0 Å². The third-order valence-electron chi connectivity index (χ3n) is 2.86. The van der Waals surface area contributed by atoms with E-state index < -0.39 is 18.6 Å². The molecule has 0 aliphatic carbocycles. The van der Waals surface area contributed by atoms with Crippen LogP contribution in [-0.4, -0.2) is 36.7 Å². The summed E-state index contributed by atoms with van der Waals surface area (Å²) in [5, 5.41) is 0. The van der Waals surface area contributed by atoms with Gasteiger partial charge in [-0.2, -0.15) is 13.2 Å². The molecule has 1 amide bonds. The molecular weight excluding hydrogens is 283 g/mol. The Bertz CT molecular complexity index is 460. The molecule has 0 fully saturated rings. The smallest absolute Gasteiger partial charge is 0.406 e. The van der Waals surface area contributed by atoms with E-state index in [0.29, 0.717) is 18.8 Å². The molecule has 0 heterocycles. The molecule has 0 radical (unpaired) electrons. The molecule has 0 bridgehead atoms. The highest BCUT2D eigenvalue weighted by Crippen LogP contribution is 2.23. The first-order valence-corrected chi connectivity index (χ1v) is 6.97. The van der Waals surface area contributed by atoms with Crippen LogP contribution in [0.2, 0.25) is 0 Å². The maximum Gasteiger partial charge on any atom is 0.406 e. The zero-order valence-electron chi connectivity index (χ0n) is 12.2. The van der Waals surface area contributed by atoms with E-state index in [1.807, 2.05) is 6.92 Å². The molecular formula is C15H20F3NO2. The molecule has 0 atom stereocenters. The second-order valence-electron chi connectivity index (χ2n) is 4.62. The van der Waals surface area contributed by atoms with Crippen LogP contribution >= 0.6 is 0 Å². The van der Waals surface area contributed by atoms with Crippen LogP contribution in [0, 0.1) is 0 Å². The molecule has 1 aromatic carbocycles. The van der Waals surface area contributed by atoms with Crippen molar-refractivity contribution in [2.45, 2.75) is 32.9 Å². The summed E-state index contributed by atoms with van der Waals surface area (Å²) in [6.07, 6.45) is -3.17. The molecule has 0 saturated carbocycles. The van der Waals surface area contributed by atoms with Gasteiger partial charge in [0.1, 0.15) is 12.3 Å². The van der Waals surface area contributed by atoms with Gasteiger partial charge in [0.15, 0.2) is 0 Å². The number of benzene rings is 1. The van der Waals surface area contributed by atoms with Crippen LogP contribution in [-0.2, 0) is 0 Å². The van der Waals surface area contributed by atoms with Crippen molar-refractivity contribution in [1.29, 1.82) is 0 Å². The van der Waals surface area contributed by atoms with Crippen molar-refractivity contribution in [3.05, 3.63) is 29.8 Å². The molecule has 0 N–H and O–H groups in total. The third-order valence-corrected chi connectivity index (χ3v) is 2.86. The second kappa shape index (κ2) is 7.90. The number of ether oxygens (including phenoxy) is 1. The number of rotatable bonds is 7. The fraction of sp³-hybridized carbons (Fsp3) is 0.533. The lowest BCUT2D eigenvalue weighted by Crippen LogP contribution is -2.39. The Morgan fingerprint density at radius 2 is 1.90 bits per heavy atom. The quantitative estimate of drug-likeness (QED) is 0.765. The molecule has 0 saturated heterocycles. The van der Waals surface area contributed by atoms with E-state index in [2.05, 4.69) is 0 Å². The predicted octanol–water partition coefficient (Wildman–Crippen LogP) is 3.89. The van der Waals surface area contributed by atoms with Gasteiger partial charge in [-0.15, -0.1) is 0 Å². The van der Waals surface area contributed by atoms with Crippen LogP contribution in [0.5, 0.6) is 5.75 Å². The summed E-state index contributed by atoms with van der Waals surface area (Å²) in [5.41, 5.74) is 0.166.